The van der Waals surface area contributed by atoms with E-state index < -0.39 is 52.1 Å². The number of carbonyl (C=O) groups is 2. The van der Waals surface area contributed by atoms with Gasteiger partial charge in [-0.3, -0.25) is 38.3 Å². The molecule has 18 nitrogen and oxygen atoms in total. The van der Waals surface area contributed by atoms with Gasteiger partial charge in [-0.2, -0.15) is 27.5 Å². The second-order valence-electron chi connectivity index (χ2n) is 18.9. The molecule has 0 aliphatic heterocycles. The number of methoxy groups -OCH3 is 2. The number of nitrogens with one attached hydrogen (secondary N) is 2. The van der Waals surface area contributed by atoms with Gasteiger partial charge in [-0.25, -0.2) is 19.6 Å². The van der Waals surface area contributed by atoms with Crippen LogP contribution in [0.5, 0.6) is 11.8 Å². The zero-order chi connectivity index (χ0) is 59.1. The summed E-state index contributed by atoms with van der Waals surface area (Å²) in [6.07, 6.45) is 3.17. The molecule has 23 heteroatoms. The van der Waals surface area contributed by atoms with Crippen LogP contribution in [-0.2, 0) is 59.0 Å². The summed E-state index contributed by atoms with van der Waals surface area (Å²) in [5.74, 6) is -4.48. The quantitative estimate of drug-likeness (QED) is 0.0454. The Bertz CT molecular complexity index is 3690. The van der Waals surface area contributed by atoms with E-state index in [1.54, 1.807) is 81.9 Å². The van der Waals surface area contributed by atoms with E-state index in [1.165, 1.54) is 11.7 Å². The van der Waals surface area contributed by atoms with Gasteiger partial charge < -0.3 is 19.7 Å². The monoisotopic (exact) mass is 1210 g/mol. The Morgan fingerprint density at radius 2 is 0.854 bits per heavy atom. The molecule has 0 atom stereocenters. The summed E-state index contributed by atoms with van der Waals surface area (Å²) >= 11 is 0. The molecule has 0 saturated heterocycles. The molecule has 8 aromatic rings. The van der Waals surface area contributed by atoms with Crippen molar-refractivity contribution in [3.05, 3.63) is 241 Å². The Balaban J connectivity index is 0.000000317. The van der Waals surface area contributed by atoms with Crippen molar-refractivity contribution < 1.29 is 79.5 Å². The van der Waals surface area contributed by atoms with E-state index in [0.29, 0.717) is 28.5 Å². The summed E-state index contributed by atoms with van der Waals surface area (Å²) in [6, 6.07) is 21.5. The molecule has 2 aromatic carbocycles. The minimum Gasteiger partial charge on any atom is -0.481 e. The number of aromatic nitrogens is 8. The van der Waals surface area contributed by atoms with Crippen LogP contribution < -0.4 is 32.0 Å². The minimum atomic E-state index is -1.05. The number of ketones is 2. The molecule has 8 rings (SSSR count). The van der Waals surface area contributed by atoms with Crippen LogP contribution in [0.2, 0.25) is 0 Å². The average Bonchev–Trinajstić information content (AvgIpc) is 3.42. The van der Waals surface area contributed by atoms with Gasteiger partial charge >= 0.3 is 11.4 Å². The average molecular weight is 1210 g/mol. The number of H-pyrrole nitrogens is 2. The fourth-order valence-electron chi connectivity index (χ4n) is 8.42. The van der Waals surface area contributed by atoms with Gasteiger partial charge in [0.15, 0.2) is 0 Å². The van der Waals surface area contributed by atoms with E-state index in [1.807, 2.05) is 53.7 Å². The molecular weight excluding hydrogens is 1150 g/mol. The molecule has 0 spiro atoms. The van der Waals surface area contributed by atoms with Crippen molar-refractivity contribution in [1.82, 2.24) is 39.0 Å². The topological polar surface area (TPSA) is 254 Å². The van der Waals surface area contributed by atoms with Gasteiger partial charge in [0.1, 0.15) is 11.4 Å². The number of aromatic amines is 2. The Kier molecular flexibility index (Phi) is 26.1. The van der Waals surface area contributed by atoms with Gasteiger partial charge in [0.25, 0.3) is 11.1 Å². The number of hydrogen-bond donors (Lipinski definition) is 4. The standard InChI is InChI=1S/C23H25N3O4.C22H21F2N3O3.C7H9NO2.C6H5F2NO.CH4.Y/c1-13(2)19-20(21(27)17-9-14(3)8-15(4)10-17)26(23(29)25-22(19)28)12-16-6-7-24-18(11-16)30-5;1-11(2)18-19(20(28)15-6-12(3)5-13(4)7-15)27(22(30)26-21(18)29)10-14-8-16(23)25-17(24)9-14;1-10-7-4-6(5-9)2-3-8-7;7-5-1-4(3-10)2-6(8)9-5;;/h6-11,13H,12H2,1-5H3,(H,25,28,29);5-9,11H,10H2,1-4H3,(H,26,29,30);2-4,9H,5H2,1H3;1-2,10H,3H2;1H4;. The Hall–Kier alpha value is -7.92. The molecule has 1 radical (unpaired) electrons. The van der Waals surface area contributed by atoms with Crippen molar-refractivity contribution in [2.75, 3.05) is 14.2 Å². The first-order valence-electron chi connectivity index (χ1n) is 24.7. The predicted molar refractivity (Wildman–Crippen MR) is 296 cm³/mol. The molecule has 0 aliphatic rings. The van der Waals surface area contributed by atoms with Crippen LogP contribution in [0.25, 0.3) is 0 Å². The van der Waals surface area contributed by atoms with Crippen LogP contribution in [-0.4, -0.2) is 75.0 Å². The maximum atomic E-state index is 13.6. The predicted octanol–water partition coefficient (Wildman–Crippen LogP) is 8.26. The number of carbonyl (C=O) groups excluding carboxylic acids is 2. The van der Waals surface area contributed by atoms with E-state index >= 15 is 0 Å². The number of pyridine rings is 4. The summed E-state index contributed by atoms with van der Waals surface area (Å²) in [4.78, 5) is 96.0. The number of aliphatic hydroxyl groups is 2. The second kappa shape index (κ2) is 31.3. The molecule has 0 bridgehead atoms. The van der Waals surface area contributed by atoms with Gasteiger partial charge in [0.05, 0.1) is 40.5 Å². The number of aliphatic hydroxyl groups excluding tert-OH is 2. The first-order valence-corrected chi connectivity index (χ1v) is 24.7. The minimum absolute atomic E-state index is 0. The largest absolute Gasteiger partial charge is 0.481 e. The van der Waals surface area contributed by atoms with E-state index in [0.717, 1.165) is 62.2 Å². The van der Waals surface area contributed by atoms with Crippen molar-refractivity contribution in [1.29, 1.82) is 0 Å². The number of ether oxygens (including phenoxy) is 2. The Morgan fingerprint density at radius 1 is 0.524 bits per heavy atom. The van der Waals surface area contributed by atoms with E-state index in [-0.39, 0.29) is 112 Å². The molecule has 0 aliphatic carbocycles. The molecule has 6 aromatic heterocycles. The summed E-state index contributed by atoms with van der Waals surface area (Å²) < 4.78 is 63.8. The van der Waals surface area contributed by atoms with E-state index in [9.17, 15) is 46.3 Å². The molecule has 6 heterocycles. The zero-order valence-electron chi connectivity index (χ0n) is 46.2. The Labute approximate surface area is 495 Å². The SMILES string of the molecule is C.COc1cc(CO)ccn1.COc1cc(Cn2c(C(=O)c3cc(C)cc(C)c3)c(C(C)C)c(=O)[nH]c2=O)ccn1.Cc1cc(C)cc(C(=O)c2c(C(C)C)c(=O)[nH]c(=O)n2Cc2cc(F)nc(F)c2)c1.OCc1cc(F)nc(F)c1.[Y]. The number of hydrogen-bond acceptors (Lipinski definition) is 14. The van der Waals surface area contributed by atoms with E-state index in [4.69, 9.17) is 19.7 Å². The van der Waals surface area contributed by atoms with Crippen molar-refractivity contribution in [2.24, 2.45) is 0 Å². The molecule has 0 unspecified atom stereocenters. The van der Waals surface area contributed by atoms with Gasteiger partial charge in [0.2, 0.25) is 47.1 Å². The summed E-state index contributed by atoms with van der Waals surface area (Å²) in [5, 5.41) is 17.1. The molecule has 0 fully saturated rings. The van der Waals surface area contributed by atoms with Gasteiger partial charge in [-0.05, 0) is 122 Å². The summed E-state index contributed by atoms with van der Waals surface area (Å²) in [5.41, 5.74) is 3.91. The zero-order valence-corrected chi connectivity index (χ0v) is 49.0. The van der Waals surface area contributed by atoms with Crippen molar-refractivity contribution in [2.45, 2.75) is 101 Å². The van der Waals surface area contributed by atoms with Crippen LogP contribution in [0.3, 0.4) is 0 Å². The summed E-state index contributed by atoms with van der Waals surface area (Å²) in [6.45, 7) is 14.0. The number of benzene rings is 2. The van der Waals surface area contributed by atoms with Crippen LogP contribution in [0, 0.1) is 51.5 Å². The maximum Gasteiger partial charge on any atom is 0.329 e. The molecule has 0 amide bonds. The van der Waals surface area contributed by atoms with Crippen LogP contribution >= 0.6 is 0 Å². The van der Waals surface area contributed by atoms with Gasteiger partial charge in [0, 0.05) is 79.5 Å². The van der Waals surface area contributed by atoms with Crippen molar-refractivity contribution >= 4 is 11.6 Å². The molecule has 82 heavy (non-hydrogen) atoms. The number of halogens is 4. The van der Waals surface area contributed by atoms with Gasteiger partial charge in [-0.1, -0.05) is 69.5 Å². The normalized spacial score (nSPS) is 10.5. The van der Waals surface area contributed by atoms with Gasteiger partial charge in [-0.15, -0.1) is 0 Å². The van der Waals surface area contributed by atoms with Crippen LogP contribution in [0.1, 0.15) is 135 Å². The third-order valence-corrected chi connectivity index (χ3v) is 11.7. The fourth-order valence-corrected chi connectivity index (χ4v) is 8.42. The smallest absolute Gasteiger partial charge is 0.329 e. The first-order chi connectivity index (χ1) is 37.9. The third-order valence-electron chi connectivity index (χ3n) is 11.7. The molecule has 431 valence electrons. The molecule has 0 saturated carbocycles. The second-order valence-corrected chi connectivity index (χ2v) is 18.9. The Morgan fingerprint density at radius 3 is 1.20 bits per heavy atom. The summed E-state index contributed by atoms with van der Waals surface area (Å²) in [7, 11) is 3.05. The number of rotatable bonds is 14. The van der Waals surface area contributed by atoms with Crippen molar-refractivity contribution in [3.8, 4) is 11.8 Å². The molecular formula is C59H64F4N8O10Y. The third kappa shape index (κ3) is 18.6. The first kappa shape index (κ1) is 68.4. The van der Waals surface area contributed by atoms with Crippen LogP contribution in [0.4, 0.5) is 17.6 Å². The van der Waals surface area contributed by atoms with Crippen LogP contribution in [0.15, 0.2) is 117 Å². The van der Waals surface area contributed by atoms with Crippen molar-refractivity contribution in [3.63, 3.8) is 0 Å². The number of nitrogens with zero attached hydrogens (tertiary/aromatic N) is 6. The van der Waals surface area contributed by atoms with E-state index in [2.05, 4.69) is 29.9 Å². The fraction of sp³-hybridized carbons (Fsp3) is 0.288. The molecule has 4 N–H and O–H groups in total. The number of aryl methyl sites for hydroxylation is 4. The maximum absolute atomic E-state index is 13.6.